The summed E-state index contributed by atoms with van der Waals surface area (Å²) in [5.41, 5.74) is -1.64. The van der Waals surface area contributed by atoms with Gasteiger partial charge in [-0.15, -0.1) is 0 Å². The molecule has 5 nitrogen and oxygen atoms in total. The summed E-state index contributed by atoms with van der Waals surface area (Å²) in [5.74, 6) is -1.04. The predicted octanol–water partition coefficient (Wildman–Crippen LogP) is 4.53. The highest BCUT2D eigenvalue weighted by atomic mass is 16.3. The van der Waals surface area contributed by atoms with Gasteiger partial charge in [0.15, 0.2) is 11.6 Å². The zero-order valence-electron chi connectivity index (χ0n) is 21.3. The molecule has 8 atom stereocenters. The number of allylic oxidation sites excluding steroid dienone is 3. The van der Waals surface area contributed by atoms with Crippen molar-refractivity contribution < 1.29 is 19.8 Å². The van der Waals surface area contributed by atoms with Gasteiger partial charge in [0.25, 0.3) is 0 Å². The minimum absolute atomic E-state index is 0.0109. The molecule has 0 radical (unpaired) electrons. The lowest BCUT2D eigenvalue weighted by molar-refractivity contribution is -0.215. The van der Waals surface area contributed by atoms with E-state index in [1.807, 2.05) is 13.0 Å². The summed E-state index contributed by atoms with van der Waals surface area (Å²) in [6.45, 7) is 10.6. The number of carbonyl (C=O) groups is 2. The van der Waals surface area contributed by atoms with Gasteiger partial charge < -0.3 is 10.2 Å². The number of rotatable bonds is 1. The van der Waals surface area contributed by atoms with Crippen molar-refractivity contribution in [2.45, 2.75) is 85.2 Å². The van der Waals surface area contributed by atoms with E-state index in [0.717, 1.165) is 44.1 Å². The van der Waals surface area contributed by atoms with E-state index < -0.39 is 21.8 Å². The summed E-state index contributed by atoms with van der Waals surface area (Å²) in [4.78, 5) is 26.8. The molecule has 0 aromatic heterocycles. The fourth-order valence-electron chi connectivity index (χ4n) is 9.34. The van der Waals surface area contributed by atoms with E-state index in [9.17, 15) is 25.1 Å². The minimum Gasteiger partial charge on any atom is -0.396 e. The SMILES string of the molecule is C[C@@H]1C(=O)C(C#N)=C[C@]2(C)C3=CC(=O)[C@]4(O)C5CC(C)(C)CC[C@]5(CO)CC[C@H]4[C@]3(C)CC[C@@H]12. The van der Waals surface area contributed by atoms with Gasteiger partial charge in [0.2, 0.25) is 0 Å². The molecule has 0 aliphatic heterocycles. The van der Waals surface area contributed by atoms with Crippen molar-refractivity contribution in [3.05, 3.63) is 23.3 Å². The number of hydrogen-bond acceptors (Lipinski definition) is 5. The van der Waals surface area contributed by atoms with Gasteiger partial charge in [-0.25, -0.2) is 0 Å². The van der Waals surface area contributed by atoms with E-state index in [2.05, 4.69) is 33.8 Å². The molecule has 0 aromatic carbocycles. The monoisotopic (exact) mass is 465 g/mol. The van der Waals surface area contributed by atoms with Crippen molar-refractivity contribution in [3.63, 3.8) is 0 Å². The molecular formula is C29H39NO4. The molecule has 1 unspecified atom stereocenters. The third-order valence-electron chi connectivity index (χ3n) is 11.3. The van der Waals surface area contributed by atoms with Gasteiger partial charge in [0.1, 0.15) is 11.7 Å². The van der Waals surface area contributed by atoms with Gasteiger partial charge in [0.05, 0.1) is 5.57 Å². The summed E-state index contributed by atoms with van der Waals surface area (Å²) >= 11 is 0. The number of fused-ring (bicyclic) bond motifs is 7. The standard InChI is InChI=1S/C29H39NO4/c1-17-19-6-8-26(4)20-7-9-28(16-31)11-10-25(2,3)14-22(28)29(20,34)23(32)12-21(26)27(19,5)13-18(15-30)24(17)33/h12-13,17,19-20,22,31,34H,6-11,14,16H2,1-5H3/t17-,19-,20-,22?,26-,27-,28-,29+/m0/s1. The summed E-state index contributed by atoms with van der Waals surface area (Å²) in [6, 6.07) is 2.11. The number of nitrogens with zero attached hydrogens (tertiary/aromatic N) is 1. The number of aliphatic hydroxyl groups is 2. The van der Waals surface area contributed by atoms with Crippen molar-refractivity contribution >= 4 is 11.6 Å². The van der Waals surface area contributed by atoms with Crippen LogP contribution in [0.3, 0.4) is 0 Å². The Balaban J connectivity index is 1.68. The first kappa shape index (κ1) is 23.9. The topological polar surface area (TPSA) is 98.4 Å². The fraction of sp³-hybridized carbons (Fsp3) is 0.759. The largest absolute Gasteiger partial charge is 0.396 e. The van der Waals surface area contributed by atoms with Gasteiger partial charge >= 0.3 is 0 Å². The Kier molecular flexibility index (Phi) is 5.03. The number of ketones is 2. The number of aliphatic hydroxyl groups excluding tert-OH is 1. The molecule has 0 heterocycles. The molecule has 0 amide bonds. The predicted molar refractivity (Wildman–Crippen MR) is 128 cm³/mol. The van der Waals surface area contributed by atoms with Crippen LogP contribution < -0.4 is 0 Å². The first-order chi connectivity index (χ1) is 15.8. The molecule has 0 saturated heterocycles. The summed E-state index contributed by atoms with van der Waals surface area (Å²) in [5, 5.41) is 32.6. The van der Waals surface area contributed by atoms with Crippen LogP contribution in [0.4, 0.5) is 0 Å². The Morgan fingerprint density at radius 1 is 1.06 bits per heavy atom. The molecule has 184 valence electrons. The van der Waals surface area contributed by atoms with Gasteiger partial charge in [-0.05, 0) is 73.2 Å². The van der Waals surface area contributed by atoms with E-state index in [-0.39, 0.29) is 52.8 Å². The molecule has 5 rings (SSSR count). The van der Waals surface area contributed by atoms with Gasteiger partial charge in [-0.2, -0.15) is 5.26 Å². The van der Waals surface area contributed by atoms with Crippen LogP contribution in [0.5, 0.6) is 0 Å². The molecule has 5 heteroatoms. The quantitative estimate of drug-likeness (QED) is 0.593. The van der Waals surface area contributed by atoms with E-state index in [1.54, 1.807) is 6.08 Å². The first-order valence-electron chi connectivity index (χ1n) is 13.1. The Labute approximate surface area is 203 Å². The minimum atomic E-state index is -1.49. The molecule has 5 aliphatic carbocycles. The number of hydrogen-bond donors (Lipinski definition) is 2. The highest BCUT2D eigenvalue weighted by molar-refractivity contribution is 6.03. The first-order valence-corrected chi connectivity index (χ1v) is 13.1. The van der Waals surface area contributed by atoms with E-state index in [0.29, 0.717) is 6.42 Å². The third-order valence-corrected chi connectivity index (χ3v) is 11.3. The van der Waals surface area contributed by atoms with Crippen molar-refractivity contribution in [3.8, 4) is 6.07 Å². The maximum absolute atomic E-state index is 14.0. The Hall–Kier alpha value is -1.77. The summed E-state index contributed by atoms with van der Waals surface area (Å²) in [7, 11) is 0. The normalized spacial score (nSPS) is 49.5. The highest BCUT2D eigenvalue weighted by Crippen LogP contribution is 2.70. The Bertz CT molecular complexity index is 1060. The molecule has 3 fully saturated rings. The van der Waals surface area contributed by atoms with Crippen LogP contribution in [0.25, 0.3) is 0 Å². The molecule has 2 N–H and O–H groups in total. The molecule has 0 bridgehead atoms. The van der Waals surface area contributed by atoms with E-state index in [4.69, 9.17) is 0 Å². The lowest BCUT2D eigenvalue weighted by Crippen LogP contribution is -2.69. The average molecular weight is 466 g/mol. The van der Waals surface area contributed by atoms with E-state index >= 15 is 0 Å². The smallest absolute Gasteiger partial charge is 0.187 e. The summed E-state index contributed by atoms with van der Waals surface area (Å²) in [6.07, 6.45) is 9.25. The lowest BCUT2D eigenvalue weighted by Gasteiger charge is -2.66. The van der Waals surface area contributed by atoms with Gasteiger partial charge in [0, 0.05) is 29.8 Å². The fourth-order valence-corrected chi connectivity index (χ4v) is 9.34. The van der Waals surface area contributed by atoms with Gasteiger partial charge in [-0.1, -0.05) is 46.3 Å². The van der Waals surface area contributed by atoms with E-state index in [1.165, 1.54) is 0 Å². The van der Waals surface area contributed by atoms with Crippen molar-refractivity contribution in [1.29, 1.82) is 5.26 Å². The molecule has 0 aromatic rings. The molecule has 5 aliphatic rings. The highest BCUT2D eigenvalue weighted by Gasteiger charge is 2.70. The zero-order chi connectivity index (χ0) is 24.9. The maximum Gasteiger partial charge on any atom is 0.187 e. The Morgan fingerprint density at radius 3 is 2.41 bits per heavy atom. The molecule has 0 spiro atoms. The summed E-state index contributed by atoms with van der Waals surface area (Å²) < 4.78 is 0. The van der Waals surface area contributed by atoms with Crippen molar-refractivity contribution in [2.24, 2.45) is 45.3 Å². The van der Waals surface area contributed by atoms with Crippen LogP contribution >= 0.6 is 0 Å². The van der Waals surface area contributed by atoms with Crippen LogP contribution in [0, 0.1) is 56.7 Å². The zero-order valence-corrected chi connectivity index (χ0v) is 21.3. The molecule has 34 heavy (non-hydrogen) atoms. The second-order valence-electron chi connectivity index (χ2n) is 13.4. The second kappa shape index (κ2) is 7.14. The number of Topliss-reactive ketones (excluding diaryl/α,β-unsaturated/α-hetero) is 1. The molecular weight excluding hydrogens is 426 g/mol. The lowest BCUT2D eigenvalue weighted by atomic mass is 9.38. The molecule has 3 saturated carbocycles. The van der Waals surface area contributed by atoms with Crippen LogP contribution in [0.2, 0.25) is 0 Å². The van der Waals surface area contributed by atoms with Crippen molar-refractivity contribution in [2.75, 3.05) is 6.61 Å². The second-order valence-corrected chi connectivity index (χ2v) is 13.4. The number of nitriles is 1. The van der Waals surface area contributed by atoms with Crippen LogP contribution in [-0.2, 0) is 9.59 Å². The van der Waals surface area contributed by atoms with Gasteiger partial charge in [-0.3, -0.25) is 9.59 Å². The average Bonchev–Trinajstić information content (AvgIpc) is 2.78. The number of carbonyl (C=O) groups excluding carboxylic acids is 2. The Morgan fingerprint density at radius 2 is 1.76 bits per heavy atom. The van der Waals surface area contributed by atoms with Crippen LogP contribution in [0.1, 0.15) is 79.6 Å². The van der Waals surface area contributed by atoms with Crippen LogP contribution in [-0.4, -0.2) is 34.0 Å². The third kappa shape index (κ3) is 2.79. The van der Waals surface area contributed by atoms with Crippen molar-refractivity contribution in [1.82, 2.24) is 0 Å². The van der Waals surface area contributed by atoms with Crippen LogP contribution in [0.15, 0.2) is 23.3 Å². The maximum atomic E-state index is 14.0.